The molecule has 7 rings (SSSR count). The van der Waals surface area contributed by atoms with Crippen LogP contribution in [0.1, 0.15) is 0 Å². The third-order valence-electron chi connectivity index (χ3n) is 7.64. The Hall–Kier alpha value is -5.08. The van der Waals surface area contributed by atoms with Gasteiger partial charge in [-0.3, -0.25) is 0 Å². The van der Waals surface area contributed by atoms with E-state index in [9.17, 15) is 0 Å². The Morgan fingerprint density at radius 1 is 0.436 bits per heavy atom. The molecule has 39 heavy (non-hydrogen) atoms. The van der Waals surface area contributed by atoms with Crippen LogP contribution in [0.2, 0.25) is 0 Å². The summed E-state index contributed by atoms with van der Waals surface area (Å²) in [7, 11) is 2.11. The van der Waals surface area contributed by atoms with Crippen molar-refractivity contribution in [1.29, 1.82) is 0 Å². The highest BCUT2D eigenvalue weighted by Crippen LogP contribution is 2.39. The van der Waals surface area contributed by atoms with Gasteiger partial charge in [-0.1, -0.05) is 103 Å². The molecule has 1 heterocycles. The van der Waals surface area contributed by atoms with Gasteiger partial charge in [0.2, 0.25) is 0 Å². The van der Waals surface area contributed by atoms with E-state index in [1.807, 2.05) is 0 Å². The summed E-state index contributed by atoms with van der Waals surface area (Å²) in [5.74, 6) is 0. The van der Waals surface area contributed by atoms with Crippen molar-refractivity contribution in [3.63, 3.8) is 0 Å². The number of para-hydroxylation sites is 2. The monoisotopic (exact) mass is 500 g/mol. The molecule has 0 bridgehead atoms. The maximum atomic E-state index is 2.39. The van der Waals surface area contributed by atoms with E-state index in [1.54, 1.807) is 0 Å². The molecule has 6 aromatic carbocycles. The van der Waals surface area contributed by atoms with E-state index in [2.05, 4.69) is 168 Å². The van der Waals surface area contributed by atoms with Crippen molar-refractivity contribution in [2.24, 2.45) is 0 Å². The van der Waals surface area contributed by atoms with Crippen LogP contribution in [0.3, 0.4) is 0 Å². The zero-order chi connectivity index (χ0) is 26.2. The second kappa shape index (κ2) is 9.66. The molecular weight excluding hydrogens is 472 g/mol. The van der Waals surface area contributed by atoms with Crippen LogP contribution in [0.5, 0.6) is 0 Å². The molecule has 0 amide bonds. The molecule has 186 valence electrons. The molecule has 0 radical (unpaired) electrons. The molecule has 2 nitrogen and oxygen atoms in total. The Kier molecular flexibility index (Phi) is 5.71. The first-order valence-electron chi connectivity index (χ1n) is 13.4. The zero-order valence-electron chi connectivity index (χ0n) is 21.8. The molecule has 0 aliphatic heterocycles. The van der Waals surface area contributed by atoms with Gasteiger partial charge in [0.1, 0.15) is 0 Å². The van der Waals surface area contributed by atoms with Gasteiger partial charge in [0.25, 0.3) is 0 Å². The Labute approximate surface area is 229 Å². The van der Waals surface area contributed by atoms with Crippen molar-refractivity contribution in [3.8, 4) is 27.9 Å². The SMILES string of the molecule is CN(c1ccccc1)c1ccc(-c2cccc3c2c2ccccc2n3-c2ccc(-c3ccccc3)cc2)cc1. The summed E-state index contributed by atoms with van der Waals surface area (Å²) in [4.78, 5) is 2.22. The molecule has 0 fully saturated rings. The maximum absolute atomic E-state index is 2.39. The zero-order valence-corrected chi connectivity index (χ0v) is 21.8. The van der Waals surface area contributed by atoms with Gasteiger partial charge in [-0.15, -0.1) is 0 Å². The van der Waals surface area contributed by atoms with Gasteiger partial charge in [-0.05, 0) is 70.8 Å². The fourth-order valence-electron chi connectivity index (χ4n) is 5.64. The van der Waals surface area contributed by atoms with Gasteiger partial charge in [0, 0.05) is 34.9 Å². The Morgan fingerprint density at radius 3 is 1.74 bits per heavy atom. The number of rotatable bonds is 5. The van der Waals surface area contributed by atoms with Gasteiger partial charge in [0.15, 0.2) is 0 Å². The number of hydrogen-bond acceptors (Lipinski definition) is 1. The van der Waals surface area contributed by atoms with Crippen LogP contribution in [0.15, 0.2) is 152 Å². The summed E-state index contributed by atoms with van der Waals surface area (Å²) < 4.78 is 2.39. The number of nitrogens with zero attached hydrogens (tertiary/aromatic N) is 2. The summed E-state index contributed by atoms with van der Waals surface area (Å²) in [6, 6.07) is 54.2. The van der Waals surface area contributed by atoms with E-state index < -0.39 is 0 Å². The lowest BCUT2D eigenvalue weighted by Crippen LogP contribution is -2.08. The van der Waals surface area contributed by atoms with Gasteiger partial charge in [-0.2, -0.15) is 0 Å². The van der Waals surface area contributed by atoms with Crippen molar-refractivity contribution in [2.45, 2.75) is 0 Å². The highest BCUT2D eigenvalue weighted by Gasteiger charge is 2.16. The molecule has 1 aromatic heterocycles. The predicted molar refractivity (Wildman–Crippen MR) is 166 cm³/mol. The van der Waals surface area contributed by atoms with Crippen LogP contribution in [0.4, 0.5) is 11.4 Å². The number of benzene rings is 6. The molecule has 0 aliphatic carbocycles. The molecule has 0 N–H and O–H groups in total. The van der Waals surface area contributed by atoms with Crippen molar-refractivity contribution in [3.05, 3.63) is 152 Å². The van der Waals surface area contributed by atoms with Gasteiger partial charge >= 0.3 is 0 Å². The highest BCUT2D eigenvalue weighted by atomic mass is 15.1. The van der Waals surface area contributed by atoms with Crippen LogP contribution in [-0.4, -0.2) is 11.6 Å². The first-order valence-corrected chi connectivity index (χ1v) is 13.4. The molecular formula is C37H28N2. The van der Waals surface area contributed by atoms with Gasteiger partial charge < -0.3 is 9.47 Å². The fraction of sp³-hybridized carbons (Fsp3) is 0.0270. The minimum atomic E-state index is 1.16. The average Bonchev–Trinajstić information content (AvgIpc) is 3.36. The van der Waals surface area contributed by atoms with Crippen molar-refractivity contribution >= 4 is 33.2 Å². The standard InChI is InChI=1S/C37H28N2/c1-38(30-13-6-3-7-14-30)31-23-21-29(22-24-31)33-16-10-18-36-37(33)34-15-8-9-17-35(34)39(36)32-25-19-28(20-26-32)27-11-4-2-5-12-27/h2-26H,1H3. The van der Waals surface area contributed by atoms with Crippen molar-refractivity contribution < 1.29 is 0 Å². The van der Waals surface area contributed by atoms with E-state index >= 15 is 0 Å². The van der Waals surface area contributed by atoms with E-state index in [-0.39, 0.29) is 0 Å². The van der Waals surface area contributed by atoms with Gasteiger partial charge in [0.05, 0.1) is 11.0 Å². The van der Waals surface area contributed by atoms with Crippen LogP contribution in [0.25, 0.3) is 49.7 Å². The van der Waals surface area contributed by atoms with Crippen molar-refractivity contribution in [1.82, 2.24) is 4.57 Å². The van der Waals surface area contributed by atoms with E-state index in [1.165, 1.54) is 49.7 Å². The molecule has 0 saturated carbocycles. The largest absolute Gasteiger partial charge is 0.345 e. The number of anilines is 2. The van der Waals surface area contributed by atoms with Crippen LogP contribution >= 0.6 is 0 Å². The van der Waals surface area contributed by atoms with E-state index in [0.29, 0.717) is 0 Å². The molecule has 2 heteroatoms. The lowest BCUT2D eigenvalue weighted by Gasteiger charge is -2.19. The second-order valence-electron chi connectivity index (χ2n) is 9.91. The predicted octanol–water partition coefficient (Wildman–Crippen LogP) is 9.89. The van der Waals surface area contributed by atoms with Crippen LogP contribution < -0.4 is 4.90 Å². The molecule has 0 aliphatic rings. The lowest BCUT2D eigenvalue weighted by molar-refractivity contribution is 1.18. The van der Waals surface area contributed by atoms with E-state index in [4.69, 9.17) is 0 Å². The normalized spacial score (nSPS) is 11.2. The minimum Gasteiger partial charge on any atom is -0.345 e. The summed E-state index contributed by atoms with van der Waals surface area (Å²) in [6.45, 7) is 0. The third-order valence-corrected chi connectivity index (χ3v) is 7.64. The van der Waals surface area contributed by atoms with E-state index in [0.717, 1.165) is 11.4 Å². The van der Waals surface area contributed by atoms with Gasteiger partial charge in [-0.25, -0.2) is 0 Å². The molecule has 7 aromatic rings. The van der Waals surface area contributed by atoms with Crippen LogP contribution in [0, 0.1) is 0 Å². The molecule has 0 saturated heterocycles. The number of aromatic nitrogens is 1. The average molecular weight is 501 g/mol. The topological polar surface area (TPSA) is 8.17 Å². The van der Waals surface area contributed by atoms with Crippen molar-refractivity contribution in [2.75, 3.05) is 11.9 Å². The third kappa shape index (κ3) is 4.07. The maximum Gasteiger partial charge on any atom is 0.0547 e. The first kappa shape index (κ1) is 23.1. The minimum absolute atomic E-state index is 1.16. The quantitative estimate of drug-likeness (QED) is 0.228. The fourth-order valence-corrected chi connectivity index (χ4v) is 5.64. The lowest BCUT2D eigenvalue weighted by atomic mass is 9.99. The summed E-state index contributed by atoms with van der Waals surface area (Å²) in [5.41, 5.74) is 10.9. The summed E-state index contributed by atoms with van der Waals surface area (Å²) in [5, 5.41) is 2.55. The highest BCUT2D eigenvalue weighted by molar-refractivity contribution is 6.15. The number of fused-ring (bicyclic) bond motifs is 3. The molecule has 0 atom stereocenters. The Morgan fingerprint density at radius 2 is 1.00 bits per heavy atom. The second-order valence-corrected chi connectivity index (χ2v) is 9.91. The smallest absolute Gasteiger partial charge is 0.0547 e. The summed E-state index contributed by atoms with van der Waals surface area (Å²) in [6.07, 6.45) is 0. The molecule has 0 unspecified atom stereocenters. The Bertz CT molecular complexity index is 1880. The Balaban J connectivity index is 1.34. The molecule has 0 spiro atoms. The van der Waals surface area contributed by atoms with Crippen LogP contribution in [-0.2, 0) is 0 Å². The number of hydrogen-bond donors (Lipinski definition) is 0. The first-order chi connectivity index (χ1) is 19.3. The summed E-state index contributed by atoms with van der Waals surface area (Å²) >= 11 is 0.